The molecule has 6 heteroatoms. The highest BCUT2D eigenvalue weighted by molar-refractivity contribution is 5.67. The predicted molar refractivity (Wildman–Crippen MR) is 90.2 cm³/mol. The van der Waals surface area contributed by atoms with Crippen molar-refractivity contribution in [2.24, 2.45) is 5.92 Å². The number of benzene rings is 1. The van der Waals surface area contributed by atoms with Gasteiger partial charge in [0.2, 0.25) is 5.95 Å². The van der Waals surface area contributed by atoms with E-state index in [2.05, 4.69) is 28.3 Å². The van der Waals surface area contributed by atoms with Crippen molar-refractivity contribution in [2.45, 2.75) is 32.6 Å². The Morgan fingerprint density at radius 1 is 1.39 bits per heavy atom. The lowest BCUT2D eigenvalue weighted by molar-refractivity contribution is 0.411. The largest absolute Gasteiger partial charge is 0.503 e. The van der Waals surface area contributed by atoms with E-state index in [9.17, 15) is 5.11 Å². The molecule has 0 fully saturated rings. The van der Waals surface area contributed by atoms with Crippen LogP contribution in [-0.2, 0) is 12.8 Å². The highest BCUT2D eigenvalue weighted by Crippen LogP contribution is 2.37. The van der Waals surface area contributed by atoms with Gasteiger partial charge in [-0.1, -0.05) is 19.4 Å². The standard InChI is InChI=1S/C17H22N4O2/c1-10-4-3-5-12-11(8-10)6-7-13(15(12)23-2)20-17-19-9-14(22)16(18)21-17/h6-7,9-10,22H,3-5,8H2,1-2H3,(H3,18,19,20,21). The molecule has 1 heterocycles. The minimum atomic E-state index is -0.126. The van der Waals surface area contributed by atoms with Gasteiger partial charge < -0.3 is 20.9 Å². The van der Waals surface area contributed by atoms with Crippen LogP contribution in [0.3, 0.4) is 0 Å². The number of methoxy groups -OCH3 is 1. The number of hydrogen-bond donors (Lipinski definition) is 3. The molecule has 0 spiro atoms. The smallest absolute Gasteiger partial charge is 0.229 e. The van der Waals surface area contributed by atoms with Crippen molar-refractivity contribution in [3.8, 4) is 11.5 Å². The topological polar surface area (TPSA) is 93.3 Å². The summed E-state index contributed by atoms with van der Waals surface area (Å²) in [5, 5.41) is 12.6. The Hall–Kier alpha value is -2.50. The molecule has 1 aromatic heterocycles. The quantitative estimate of drug-likeness (QED) is 0.754. The van der Waals surface area contributed by atoms with Crippen LogP contribution in [-0.4, -0.2) is 22.2 Å². The summed E-state index contributed by atoms with van der Waals surface area (Å²) in [6, 6.07) is 4.13. The zero-order valence-electron chi connectivity index (χ0n) is 13.5. The maximum atomic E-state index is 9.42. The minimum absolute atomic E-state index is 0.0463. The summed E-state index contributed by atoms with van der Waals surface area (Å²) in [4.78, 5) is 8.08. The van der Waals surface area contributed by atoms with E-state index < -0.39 is 0 Å². The molecule has 3 rings (SSSR count). The summed E-state index contributed by atoms with van der Waals surface area (Å²) in [6.07, 6.45) is 5.77. The average molecular weight is 314 g/mol. The maximum absolute atomic E-state index is 9.42. The van der Waals surface area contributed by atoms with Crippen LogP contribution in [0.25, 0.3) is 0 Å². The van der Waals surface area contributed by atoms with Crippen LogP contribution in [0.5, 0.6) is 11.5 Å². The number of fused-ring (bicyclic) bond motifs is 1. The van der Waals surface area contributed by atoms with Crippen molar-refractivity contribution in [1.29, 1.82) is 0 Å². The SMILES string of the molecule is COc1c(Nc2ncc(O)c(N)n2)ccc2c1CCCC(C)C2. The fourth-order valence-corrected chi connectivity index (χ4v) is 3.14. The molecule has 2 aromatic rings. The van der Waals surface area contributed by atoms with Crippen LogP contribution < -0.4 is 15.8 Å². The summed E-state index contributed by atoms with van der Waals surface area (Å²) < 4.78 is 5.66. The summed E-state index contributed by atoms with van der Waals surface area (Å²) >= 11 is 0. The Balaban J connectivity index is 1.96. The molecule has 1 atom stereocenters. The molecule has 1 aromatic carbocycles. The van der Waals surface area contributed by atoms with Crippen LogP contribution in [0.2, 0.25) is 0 Å². The van der Waals surface area contributed by atoms with Crippen molar-refractivity contribution in [1.82, 2.24) is 9.97 Å². The second-order valence-corrected chi connectivity index (χ2v) is 6.07. The molecule has 0 saturated carbocycles. The molecule has 23 heavy (non-hydrogen) atoms. The average Bonchev–Trinajstić information content (AvgIpc) is 2.71. The van der Waals surface area contributed by atoms with Gasteiger partial charge in [0.25, 0.3) is 0 Å². The highest BCUT2D eigenvalue weighted by atomic mass is 16.5. The number of aromatic hydroxyl groups is 1. The number of rotatable bonds is 3. The number of ether oxygens (including phenoxy) is 1. The van der Waals surface area contributed by atoms with Crippen LogP contribution in [0.1, 0.15) is 30.9 Å². The Morgan fingerprint density at radius 2 is 2.22 bits per heavy atom. The van der Waals surface area contributed by atoms with E-state index >= 15 is 0 Å². The first-order chi connectivity index (χ1) is 11.1. The first-order valence-electron chi connectivity index (χ1n) is 7.85. The van der Waals surface area contributed by atoms with Gasteiger partial charge in [-0.15, -0.1) is 0 Å². The third kappa shape index (κ3) is 3.16. The van der Waals surface area contributed by atoms with Crippen molar-refractivity contribution in [2.75, 3.05) is 18.2 Å². The molecular formula is C17H22N4O2. The lowest BCUT2D eigenvalue weighted by Crippen LogP contribution is -2.05. The fraction of sp³-hybridized carbons (Fsp3) is 0.412. The number of nitrogens with one attached hydrogen (secondary N) is 1. The third-order valence-corrected chi connectivity index (χ3v) is 4.30. The van der Waals surface area contributed by atoms with E-state index in [1.165, 1.54) is 23.7 Å². The van der Waals surface area contributed by atoms with Gasteiger partial charge >= 0.3 is 0 Å². The van der Waals surface area contributed by atoms with E-state index in [1.807, 2.05) is 6.07 Å². The van der Waals surface area contributed by atoms with Crippen LogP contribution in [0.4, 0.5) is 17.5 Å². The molecule has 0 saturated heterocycles. The summed E-state index contributed by atoms with van der Waals surface area (Å²) in [5.41, 5.74) is 9.04. The number of nitrogen functional groups attached to an aromatic ring is 1. The van der Waals surface area contributed by atoms with Crippen LogP contribution >= 0.6 is 0 Å². The van der Waals surface area contributed by atoms with E-state index in [4.69, 9.17) is 10.5 Å². The molecule has 0 radical (unpaired) electrons. The van der Waals surface area contributed by atoms with E-state index in [-0.39, 0.29) is 11.6 Å². The molecule has 0 aliphatic heterocycles. The molecule has 6 nitrogen and oxygen atoms in total. The Kier molecular flexibility index (Phi) is 4.23. The van der Waals surface area contributed by atoms with Gasteiger partial charge in [-0.05, 0) is 42.4 Å². The van der Waals surface area contributed by atoms with Gasteiger partial charge in [0.05, 0.1) is 19.0 Å². The van der Waals surface area contributed by atoms with Gasteiger partial charge in [-0.2, -0.15) is 4.98 Å². The third-order valence-electron chi connectivity index (χ3n) is 4.30. The van der Waals surface area contributed by atoms with Crippen LogP contribution in [0, 0.1) is 5.92 Å². The zero-order valence-corrected chi connectivity index (χ0v) is 13.5. The lowest BCUT2D eigenvalue weighted by Gasteiger charge is -2.17. The van der Waals surface area contributed by atoms with Gasteiger partial charge in [-0.25, -0.2) is 4.98 Å². The minimum Gasteiger partial charge on any atom is -0.503 e. The summed E-state index contributed by atoms with van der Waals surface area (Å²) in [5.74, 6) is 1.79. The van der Waals surface area contributed by atoms with Crippen molar-refractivity contribution < 1.29 is 9.84 Å². The fourth-order valence-electron chi connectivity index (χ4n) is 3.14. The lowest BCUT2D eigenvalue weighted by atomic mass is 9.97. The monoisotopic (exact) mass is 314 g/mol. The number of nitrogens with two attached hydrogens (primary N) is 1. The first kappa shape index (κ1) is 15.4. The summed E-state index contributed by atoms with van der Waals surface area (Å²) in [7, 11) is 1.68. The zero-order chi connectivity index (χ0) is 16.4. The number of nitrogens with zero attached hydrogens (tertiary/aromatic N) is 2. The van der Waals surface area contributed by atoms with Crippen molar-refractivity contribution in [3.63, 3.8) is 0 Å². The van der Waals surface area contributed by atoms with E-state index in [0.29, 0.717) is 11.9 Å². The molecule has 122 valence electrons. The maximum Gasteiger partial charge on any atom is 0.229 e. The van der Waals surface area contributed by atoms with E-state index in [1.54, 1.807) is 7.11 Å². The van der Waals surface area contributed by atoms with Crippen LogP contribution in [0.15, 0.2) is 18.3 Å². The molecule has 1 aliphatic carbocycles. The van der Waals surface area contributed by atoms with Gasteiger partial charge in [0, 0.05) is 0 Å². The number of aromatic nitrogens is 2. The first-order valence-corrected chi connectivity index (χ1v) is 7.85. The molecule has 0 amide bonds. The van der Waals surface area contributed by atoms with Crippen molar-refractivity contribution >= 4 is 17.5 Å². The number of hydrogen-bond acceptors (Lipinski definition) is 6. The molecule has 4 N–H and O–H groups in total. The highest BCUT2D eigenvalue weighted by Gasteiger charge is 2.19. The Labute approximate surface area is 135 Å². The van der Waals surface area contributed by atoms with Gasteiger partial charge in [-0.3, -0.25) is 0 Å². The second kappa shape index (κ2) is 6.32. The molecule has 1 aliphatic rings. The summed E-state index contributed by atoms with van der Waals surface area (Å²) in [6.45, 7) is 2.29. The molecular weight excluding hydrogens is 292 g/mol. The van der Waals surface area contributed by atoms with Gasteiger partial charge in [0.15, 0.2) is 11.6 Å². The predicted octanol–water partition coefficient (Wildman–Crippen LogP) is 3.03. The Bertz CT molecular complexity index is 718. The Morgan fingerprint density at radius 3 is 2.96 bits per heavy atom. The van der Waals surface area contributed by atoms with Crippen molar-refractivity contribution in [3.05, 3.63) is 29.5 Å². The van der Waals surface area contributed by atoms with Gasteiger partial charge in [0.1, 0.15) is 5.75 Å². The normalized spacial score (nSPS) is 17.2. The van der Waals surface area contributed by atoms with E-state index in [0.717, 1.165) is 30.7 Å². The molecule has 1 unspecified atom stereocenters. The molecule has 0 bridgehead atoms. The second-order valence-electron chi connectivity index (χ2n) is 6.07. The number of anilines is 3.